The number of rotatable bonds is 6. The van der Waals surface area contributed by atoms with Gasteiger partial charge in [-0.25, -0.2) is 0 Å². The zero-order chi connectivity index (χ0) is 12.8. The van der Waals surface area contributed by atoms with Crippen LogP contribution in [0.5, 0.6) is 0 Å². The van der Waals surface area contributed by atoms with E-state index < -0.39 is 0 Å². The summed E-state index contributed by atoms with van der Waals surface area (Å²) in [4.78, 5) is 4.32. The zero-order valence-corrected chi connectivity index (χ0v) is 10.6. The molecule has 0 spiro atoms. The van der Waals surface area contributed by atoms with Gasteiger partial charge in [0.15, 0.2) is 5.82 Å². The second-order valence-electron chi connectivity index (χ2n) is 4.05. The van der Waals surface area contributed by atoms with E-state index in [1.165, 1.54) is 0 Å². The largest absolute Gasteiger partial charge is 0.467 e. The molecular weight excluding hydrogens is 230 g/mol. The van der Waals surface area contributed by atoms with Crippen molar-refractivity contribution in [1.82, 2.24) is 15.2 Å². The van der Waals surface area contributed by atoms with Crippen LogP contribution in [0.2, 0.25) is 0 Å². The van der Waals surface area contributed by atoms with Crippen LogP contribution in [0, 0.1) is 0 Å². The Morgan fingerprint density at radius 1 is 1.44 bits per heavy atom. The maximum Gasteiger partial charge on any atom is 0.244 e. The van der Waals surface area contributed by atoms with Crippen LogP contribution in [0.4, 0.5) is 11.8 Å². The lowest BCUT2D eigenvalue weighted by molar-refractivity contribution is 0.517. The first-order chi connectivity index (χ1) is 8.78. The molecule has 0 fully saturated rings. The van der Waals surface area contributed by atoms with Gasteiger partial charge in [-0.15, -0.1) is 5.10 Å². The number of anilines is 2. The van der Waals surface area contributed by atoms with E-state index in [1.54, 1.807) is 12.5 Å². The zero-order valence-electron chi connectivity index (χ0n) is 10.6. The van der Waals surface area contributed by atoms with Crippen LogP contribution in [0.1, 0.15) is 26.0 Å². The van der Waals surface area contributed by atoms with Crippen molar-refractivity contribution in [3.63, 3.8) is 0 Å². The molecule has 18 heavy (non-hydrogen) atoms. The number of nitrogens with zero attached hydrogens (tertiary/aromatic N) is 3. The molecule has 0 saturated carbocycles. The quantitative estimate of drug-likeness (QED) is 0.815. The Morgan fingerprint density at radius 2 is 2.33 bits per heavy atom. The first-order valence-corrected chi connectivity index (χ1v) is 6.00. The molecule has 2 aromatic heterocycles. The predicted octanol–water partition coefficient (Wildman–Crippen LogP) is 2.29. The number of hydrogen-bond acceptors (Lipinski definition) is 6. The molecule has 1 atom stereocenters. The van der Waals surface area contributed by atoms with Gasteiger partial charge in [0, 0.05) is 6.04 Å². The van der Waals surface area contributed by atoms with E-state index in [1.807, 2.05) is 12.1 Å². The molecule has 2 heterocycles. The lowest BCUT2D eigenvalue weighted by Gasteiger charge is -2.11. The maximum absolute atomic E-state index is 5.23. The summed E-state index contributed by atoms with van der Waals surface area (Å²) in [5, 5.41) is 14.1. The van der Waals surface area contributed by atoms with Gasteiger partial charge in [0.1, 0.15) is 5.76 Å². The smallest absolute Gasteiger partial charge is 0.244 e. The second kappa shape index (κ2) is 6.00. The summed E-state index contributed by atoms with van der Waals surface area (Å²) < 4.78 is 5.23. The molecule has 0 aliphatic carbocycles. The van der Waals surface area contributed by atoms with E-state index in [9.17, 15) is 0 Å². The Balaban J connectivity index is 1.94. The Kier molecular flexibility index (Phi) is 4.11. The van der Waals surface area contributed by atoms with Gasteiger partial charge in [-0.2, -0.15) is 10.1 Å². The van der Waals surface area contributed by atoms with Crippen LogP contribution >= 0.6 is 0 Å². The molecule has 0 aliphatic rings. The third-order valence-electron chi connectivity index (χ3n) is 2.57. The summed E-state index contributed by atoms with van der Waals surface area (Å²) in [6.45, 7) is 4.75. The lowest BCUT2D eigenvalue weighted by Crippen LogP contribution is -2.16. The normalized spacial score (nSPS) is 12.1. The molecule has 96 valence electrons. The van der Waals surface area contributed by atoms with Crippen LogP contribution in [-0.2, 0) is 6.54 Å². The summed E-state index contributed by atoms with van der Waals surface area (Å²) in [7, 11) is 0. The average molecular weight is 247 g/mol. The minimum Gasteiger partial charge on any atom is -0.467 e. The molecule has 0 aromatic carbocycles. The fraction of sp³-hybridized carbons (Fsp3) is 0.417. The van der Waals surface area contributed by atoms with Crippen molar-refractivity contribution in [2.45, 2.75) is 32.9 Å². The van der Waals surface area contributed by atoms with Crippen molar-refractivity contribution >= 4 is 11.8 Å². The number of nitrogens with one attached hydrogen (secondary N) is 2. The third-order valence-corrected chi connectivity index (χ3v) is 2.57. The van der Waals surface area contributed by atoms with Gasteiger partial charge in [0.2, 0.25) is 5.95 Å². The Hall–Kier alpha value is -2.11. The molecule has 6 nitrogen and oxygen atoms in total. The van der Waals surface area contributed by atoms with Crippen molar-refractivity contribution in [3.05, 3.63) is 30.4 Å². The number of aromatic nitrogens is 3. The van der Waals surface area contributed by atoms with Gasteiger partial charge < -0.3 is 15.1 Å². The number of hydrogen-bond donors (Lipinski definition) is 2. The Bertz CT molecular complexity index is 471. The molecule has 0 saturated heterocycles. The minimum absolute atomic E-state index is 0.326. The molecule has 2 rings (SSSR count). The van der Waals surface area contributed by atoms with Gasteiger partial charge in [-0.1, -0.05) is 6.92 Å². The highest BCUT2D eigenvalue weighted by Gasteiger charge is 2.04. The molecule has 0 aliphatic heterocycles. The molecule has 2 aromatic rings. The fourth-order valence-electron chi connectivity index (χ4n) is 1.36. The standard InChI is InChI=1S/C12H17N5O/c1-3-9(2)15-12-16-11(8-14-17-12)13-7-10-5-4-6-18-10/h4-6,8-9H,3,7H2,1-2H3,(H2,13,15,16,17). The van der Waals surface area contributed by atoms with Gasteiger partial charge in [0.25, 0.3) is 0 Å². The Morgan fingerprint density at radius 3 is 3.06 bits per heavy atom. The van der Waals surface area contributed by atoms with Gasteiger partial charge in [-0.3, -0.25) is 0 Å². The van der Waals surface area contributed by atoms with Crippen molar-refractivity contribution in [1.29, 1.82) is 0 Å². The minimum atomic E-state index is 0.326. The third kappa shape index (κ3) is 3.44. The lowest BCUT2D eigenvalue weighted by atomic mass is 10.3. The molecule has 0 radical (unpaired) electrons. The van der Waals surface area contributed by atoms with E-state index in [4.69, 9.17) is 4.42 Å². The van der Waals surface area contributed by atoms with E-state index in [0.717, 1.165) is 12.2 Å². The van der Waals surface area contributed by atoms with E-state index in [0.29, 0.717) is 24.4 Å². The molecular formula is C12H17N5O. The maximum atomic E-state index is 5.23. The van der Waals surface area contributed by atoms with E-state index in [2.05, 4.69) is 39.7 Å². The van der Waals surface area contributed by atoms with E-state index >= 15 is 0 Å². The summed E-state index contributed by atoms with van der Waals surface area (Å²) in [6, 6.07) is 4.08. The Labute approximate surface area is 106 Å². The number of furan rings is 1. The van der Waals surface area contributed by atoms with E-state index in [-0.39, 0.29) is 0 Å². The van der Waals surface area contributed by atoms with Crippen molar-refractivity contribution in [2.75, 3.05) is 10.6 Å². The van der Waals surface area contributed by atoms with Crippen LogP contribution < -0.4 is 10.6 Å². The van der Waals surface area contributed by atoms with Gasteiger partial charge >= 0.3 is 0 Å². The molecule has 0 amide bonds. The van der Waals surface area contributed by atoms with Crippen molar-refractivity contribution in [2.24, 2.45) is 0 Å². The van der Waals surface area contributed by atoms with Crippen LogP contribution in [0.15, 0.2) is 29.0 Å². The summed E-state index contributed by atoms with van der Waals surface area (Å²) in [6.07, 6.45) is 4.24. The van der Waals surface area contributed by atoms with Crippen LogP contribution in [0.25, 0.3) is 0 Å². The second-order valence-corrected chi connectivity index (χ2v) is 4.05. The van der Waals surface area contributed by atoms with Gasteiger partial charge in [-0.05, 0) is 25.5 Å². The highest BCUT2D eigenvalue weighted by Crippen LogP contribution is 2.08. The highest BCUT2D eigenvalue weighted by molar-refractivity contribution is 5.37. The summed E-state index contributed by atoms with van der Waals surface area (Å²) in [5.41, 5.74) is 0. The predicted molar refractivity (Wildman–Crippen MR) is 69.2 cm³/mol. The van der Waals surface area contributed by atoms with Gasteiger partial charge in [0.05, 0.1) is 19.0 Å². The van der Waals surface area contributed by atoms with Crippen molar-refractivity contribution in [3.8, 4) is 0 Å². The monoisotopic (exact) mass is 247 g/mol. The average Bonchev–Trinajstić information content (AvgIpc) is 2.90. The first kappa shape index (κ1) is 12.3. The molecule has 1 unspecified atom stereocenters. The fourth-order valence-corrected chi connectivity index (χ4v) is 1.36. The van der Waals surface area contributed by atoms with Crippen molar-refractivity contribution < 1.29 is 4.42 Å². The summed E-state index contributed by atoms with van der Waals surface area (Å²) in [5.74, 6) is 2.06. The molecule has 6 heteroatoms. The van der Waals surface area contributed by atoms with Crippen LogP contribution in [0.3, 0.4) is 0 Å². The highest BCUT2D eigenvalue weighted by atomic mass is 16.3. The topological polar surface area (TPSA) is 75.9 Å². The summed E-state index contributed by atoms with van der Waals surface area (Å²) >= 11 is 0. The molecule has 0 bridgehead atoms. The van der Waals surface area contributed by atoms with Crippen LogP contribution in [-0.4, -0.2) is 21.2 Å². The SMILES string of the molecule is CCC(C)Nc1nncc(NCc2ccco2)n1. The molecule has 2 N–H and O–H groups in total. The first-order valence-electron chi connectivity index (χ1n) is 6.00.